The minimum Gasteiger partial charge on any atom is -0.481 e. The van der Waals surface area contributed by atoms with Gasteiger partial charge in [0, 0.05) is 18.3 Å². The van der Waals surface area contributed by atoms with Crippen molar-refractivity contribution in [2.45, 2.75) is 44.7 Å². The summed E-state index contributed by atoms with van der Waals surface area (Å²) < 4.78 is 10.2. The lowest BCUT2D eigenvalue weighted by atomic mass is 10.1. The van der Waals surface area contributed by atoms with E-state index in [1.165, 1.54) is 12.8 Å². The first-order valence-electron chi connectivity index (χ1n) is 7.17. The van der Waals surface area contributed by atoms with Gasteiger partial charge in [0.1, 0.15) is 6.04 Å². The predicted octanol–water partition coefficient (Wildman–Crippen LogP) is 2.23. The monoisotopic (exact) mass is 278 g/mol. The highest BCUT2D eigenvalue weighted by atomic mass is 16.5. The molecule has 1 aliphatic carbocycles. The van der Waals surface area contributed by atoms with E-state index in [0.717, 1.165) is 18.4 Å². The molecule has 0 radical (unpaired) electrons. The van der Waals surface area contributed by atoms with Gasteiger partial charge >= 0.3 is 5.97 Å². The maximum atomic E-state index is 12.1. The van der Waals surface area contributed by atoms with Crippen molar-refractivity contribution in [1.29, 1.82) is 0 Å². The summed E-state index contributed by atoms with van der Waals surface area (Å²) in [6.07, 6.45) is 6.32. The van der Waals surface area contributed by atoms with Gasteiger partial charge in [-0.15, -0.1) is 0 Å². The molecule has 1 fully saturated rings. The fourth-order valence-electron chi connectivity index (χ4n) is 2.54. The van der Waals surface area contributed by atoms with Gasteiger partial charge in [0.2, 0.25) is 5.88 Å². The van der Waals surface area contributed by atoms with Gasteiger partial charge in [-0.2, -0.15) is 0 Å². The number of carbonyl (C=O) groups excluding carboxylic acids is 1. The molecule has 0 spiro atoms. The lowest BCUT2D eigenvalue weighted by Crippen LogP contribution is -2.36. The lowest BCUT2D eigenvalue weighted by Gasteiger charge is -2.21. The Balaban J connectivity index is 2.12. The van der Waals surface area contributed by atoms with Crippen molar-refractivity contribution in [2.75, 3.05) is 13.7 Å². The number of carbonyl (C=O) groups is 1. The van der Waals surface area contributed by atoms with E-state index in [0.29, 0.717) is 18.5 Å². The van der Waals surface area contributed by atoms with E-state index in [2.05, 4.69) is 10.3 Å². The third kappa shape index (κ3) is 3.70. The van der Waals surface area contributed by atoms with Gasteiger partial charge in [0.15, 0.2) is 0 Å². The molecule has 1 heterocycles. The summed E-state index contributed by atoms with van der Waals surface area (Å²) in [6.45, 7) is 2.20. The predicted molar refractivity (Wildman–Crippen MR) is 75.6 cm³/mol. The molecular formula is C15H22N2O3. The van der Waals surface area contributed by atoms with Gasteiger partial charge in [-0.25, -0.2) is 9.78 Å². The van der Waals surface area contributed by atoms with Crippen LogP contribution in [0.4, 0.5) is 0 Å². The Hall–Kier alpha value is -1.62. The largest absolute Gasteiger partial charge is 0.481 e. The molecule has 20 heavy (non-hydrogen) atoms. The minimum absolute atomic E-state index is 0.244. The molecule has 0 saturated heterocycles. The molecule has 0 amide bonds. The van der Waals surface area contributed by atoms with Crippen LogP contribution in [0.3, 0.4) is 0 Å². The molecule has 1 aromatic rings. The molecule has 0 aliphatic heterocycles. The van der Waals surface area contributed by atoms with Gasteiger partial charge in [0.25, 0.3) is 0 Å². The number of esters is 1. The Morgan fingerprint density at radius 3 is 2.75 bits per heavy atom. The summed E-state index contributed by atoms with van der Waals surface area (Å²) in [5.41, 5.74) is 0.816. The van der Waals surface area contributed by atoms with Crippen LogP contribution < -0.4 is 10.1 Å². The quantitative estimate of drug-likeness (QED) is 0.809. The molecule has 0 aromatic carbocycles. The topological polar surface area (TPSA) is 60.5 Å². The van der Waals surface area contributed by atoms with E-state index in [1.807, 2.05) is 13.0 Å². The fraction of sp³-hybridized carbons (Fsp3) is 0.600. The third-order valence-corrected chi connectivity index (χ3v) is 3.58. The summed E-state index contributed by atoms with van der Waals surface area (Å²) >= 11 is 0. The van der Waals surface area contributed by atoms with Crippen molar-refractivity contribution >= 4 is 5.97 Å². The molecule has 1 atom stereocenters. The van der Waals surface area contributed by atoms with E-state index >= 15 is 0 Å². The van der Waals surface area contributed by atoms with Crippen molar-refractivity contribution < 1.29 is 14.3 Å². The molecule has 110 valence electrons. The van der Waals surface area contributed by atoms with Gasteiger partial charge in [-0.05, 0) is 31.4 Å². The average Bonchev–Trinajstić information content (AvgIpc) is 2.98. The number of ether oxygens (including phenoxy) is 2. The SMILES string of the molecule is CCOC(=O)C(NC1CCCC1)c1ccc(OC)nc1. The molecule has 1 saturated carbocycles. The second-order valence-electron chi connectivity index (χ2n) is 4.97. The van der Waals surface area contributed by atoms with Gasteiger partial charge in [-0.1, -0.05) is 12.8 Å². The minimum atomic E-state index is -0.448. The number of methoxy groups -OCH3 is 1. The fourth-order valence-corrected chi connectivity index (χ4v) is 2.54. The third-order valence-electron chi connectivity index (χ3n) is 3.58. The maximum Gasteiger partial charge on any atom is 0.327 e. The van der Waals surface area contributed by atoms with Crippen LogP contribution in [0.5, 0.6) is 5.88 Å². The zero-order chi connectivity index (χ0) is 14.4. The highest BCUT2D eigenvalue weighted by Gasteiger charge is 2.27. The van der Waals surface area contributed by atoms with E-state index in [1.54, 1.807) is 19.4 Å². The number of hydrogen-bond acceptors (Lipinski definition) is 5. The summed E-state index contributed by atoms with van der Waals surface area (Å²) in [4.78, 5) is 16.3. The lowest BCUT2D eigenvalue weighted by molar-refractivity contribution is -0.146. The van der Waals surface area contributed by atoms with Gasteiger partial charge in [-0.3, -0.25) is 5.32 Å². The average molecular weight is 278 g/mol. The molecule has 0 bridgehead atoms. The number of rotatable bonds is 6. The van der Waals surface area contributed by atoms with Crippen LogP contribution in [0.2, 0.25) is 0 Å². The summed E-state index contributed by atoms with van der Waals surface area (Å²) in [5.74, 6) is 0.295. The first-order chi connectivity index (χ1) is 9.74. The number of nitrogens with zero attached hydrogens (tertiary/aromatic N) is 1. The van der Waals surface area contributed by atoms with Gasteiger partial charge in [0.05, 0.1) is 13.7 Å². The number of nitrogens with one attached hydrogen (secondary N) is 1. The maximum absolute atomic E-state index is 12.1. The van der Waals surface area contributed by atoms with Crippen LogP contribution in [-0.2, 0) is 9.53 Å². The number of hydrogen-bond donors (Lipinski definition) is 1. The Labute approximate surface area is 119 Å². The molecule has 5 nitrogen and oxygen atoms in total. The van der Waals surface area contributed by atoms with Crippen LogP contribution in [0.1, 0.15) is 44.2 Å². The van der Waals surface area contributed by atoms with Crippen LogP contribution in [0.25, 0.3) is 0 Å². The van der Waals surface area contributed by atoms with Crippen LogP contribution in [-0.4, -0.2) is 30.7 Å². The number of pyridine rings is 1. The smallest absolute Gasteiger partial charge is 0.327 e. The van der Waals surface area contributed by atoms with E-state index < -0.39 is 6.04 Å². The van der Waals surface area contributed by atoms with E-state index in [-0.39, 0.29) is 5.97 Å². The molecule has 1 N–H and O–H groups in total. The van der Waals surface area contributed by atoms with E-state index in [4.69, 9.17) is 9.47 Å². The molecule has 1 aliphatic rings. The summed E-state index contributed by atoms with van der Waals surface area (Å²) in [6, 6.07) is 3.55. The molecule has 2 rings (SSSR count). The zero-order valence-corrected chi connectivity index (χ0v) is 12.1. The second kappa shape index (κ2) is 7.24. The van der Waals surface area contributed by atoms with Crippen LogP contribution >= 0.6 is 0 Å². The Morgan fingerprint density at radius 1 is 1.45 bits per heavy atom. The Morgan fingerprint density at radius 2 is 2.20 bits per heavy atom. The molecular weight excluding hydrogens is 256 g/mol. The summed E-state index contributed by atoms with van der Waals surface area (Å²) in [5, 5.41) is 3.40. The number of aromatic nitrogens is 1. The normalized spacial score (nSPS) is 16.9. The molecule has 5 heteroatoms. The Kier molecular flexibility index (Phi) is 5.35. The van der Waals surface area contributed by atoms with Crippen molar-refractivity contribution in [2.24, 2.45) is 0 Å². The highest BCUT2D eigenvalue weighted by molar-refractivity contribution is 5.77. The first-order valence-corrected chi connectivity index (χ1v) is 7.17. The van der Waals surface area contributed by atoms with Crippen molar-refractivity contribution in [3.8, 4) is 5.88 Å². The highest BCUT2D eigenvalue weighted by Crippen LogP contribution is 2.23. The second-order valence-corrected chi connectivity index (χ2v) is 4.97. The van der Waals surface area contributed by atoms with Crippen LogP contribution in [0, 0.1) is 0 Å². The van der Waals surface area contributed by atoms with E-state index in [9.17, 15) is 4.79 Å². The first kappa shape index (κ1) is 14.8. The summed E-state index contributed by atoms with van der Waals surface area (Å²) in [7, 11) is 1.57. The standard InChI is InChI=1S/C15H22N2O3/c1-3-20-15(18)14(17-12-6-4-5-7-12)11-8-9-13(19-2)16-10-11/h8-10,12,14,17H,3-7H2,1-2H3. The zero-order valence-electron chi connectivity index (χ0n) is 12.1. The van der Waals surface area contributed by atoms with Crippen molar-refractivity contribution in [3.63, 3.8) is 0 Å². The van der Waals surface area contributed by atoms with Crippen LogP contribution in [0.15, 0.2) is 18.3 Å². The van der Waals surface area contributed by atoms with Crippen molar-refractivity contribution in [3.05, 3.63) is 23.9 Å². The Bertz CT molecular complexity index is 427. The molecule has 1 aromatic heterocycles. The van der Waals surface area contributed by atoms with Gasteiger partial charge < -0.3 is 9.47 Å². The molecule has 1 unspecified atom stereocenters. The van der Waals surface area contributed by atoms with Crippen molar-refractivity contribution in [1.82, 2.24) is 10.3 Å².